The summed E-state index contributed by atoms with van der Waals surface area (Å²) in [4.78, 5) is 1.06. The zero-order chi connectivity index (χ0) is 11.8. The normalized spacial score (nSPS) is 11.0. The predicted molar refractivity (Wildman–Crippen MR) is 67.2 cm³/mol. The third kappa shape index (κ3) is 4.53. The first-order valence-electron chi connectivity index (χ1n) is 5.49. The number of hydrogen-bond donors (Lipinski definition) is 1. The Morgan fingerprint density at radius 3 is 2.12 bits per heavy atom. The largest absolute Gasteiger partial charge is 0.353 e. The SMILES string of the molecule is CCOC(Cc1ccc(SN)cc1)OCC. The first kappa shape index (κ1) is 13.5. The van der Waals surface area contributed by atoms with Gasteiger partial charge in [0.25, 0.3) is 0 Å². The van der Waals surface area contributed by atoms with Crippen molar-refractivity contribution in [2.45, 2.75) is 31.5 Å². The lowest BCUT2D eigenvalue weighted by Gasteiger charge is -2.16. The Hall–Kier alpha value is -0.550. The minimum Gasteiger partial charge on any atom is -0.353 e. The molecule has 0 amide bonds. The maximum absolute atomic E-state index is 5.49. The van der Waals surface area contributed by atoms with Gasteiger partial charge < -0.3 is 9.47 Å². The zero-order valence-electron chi connectivity index (χ0n) is 9.81. The summed E-state index contributed by atoms with van der Waals surface area (Å²) >= 11 is 1.25. The van der Waals surface area contributed by atoms with Crippen molar-refractivity contribution in [1.82, 2.24) is 0 Å². The Bertz CT molecular complexity index is 284. The molecule has 0 unspecified atom stereocenters. The second-order valence-electron chi connectivity index (χ2n) is 3.31. The molecule has 4 heteroatoms. The molecule has 0 saturated carbocycles. The van der Waals surface area contributed by atoms with Gasteiger partial charge in [0.2, 0.25) is 0 Å². The van der Waals surface area contributed by atoms with Crippen LogP contribution >= 0.6 is 11.9 Å². The maximum atomic E-state index is 5.49. The molecule has 0 fully saturated rings. The number of ether oxygens (including phenoxy) is 2. The Kier molecular flexibility index (Phi) is 6.49. The summed E-state index contributed by atoms with van der Waals surface area (Å²) in [6.07, 6.45) is 0.628. The van der Waals surface area contributed by atoms with Gasteiger partial charge in [-0.05, 0) is 43.5 Å². The van der Waals surface area contributed by atoms with Gasteiger partial charge in [-0.3, -0.25) is 5.14 Å². The van der Waals surface area contributed by atoms with Gasteiger partial charge in [0.05, 0.1) is 0 Å². The Morgan fingerprint density at radius 2 is 1.69 bits per heavy atom. The molecule has 0 spiro atoms. The predicted octanol–water partition coefficient (Wildman–Crippen LogP) is 2.59. The van der Waals surface area contributed by atoms with Crippen LogP contribution in [0.2, 0.25) is 0 Å². The van der Waals surface area contributed by atoms with Crippen molar-refractivity contribution in [3.8, 4) is 0 Å². The average Bonchev–Trinajstić information content (AvgIpc) is 2.31. The van der Waals surface area contributed by atoms with Gasteiger partial charge in [-0.25, -0.2) is 0 Å². The summed E-state index contributed by atoms with van der Waals surface area (Å²) in [6.45, 7) is 5.28. The first-order chi connectivity index (χ1) is 7.80. The Morgan fingerprint density at radius 1 is 1.12 bits per heavy atom. The van der Waals surface area contributed by atoms with E-state index in [1.165, 1.54) is 17.5 Å². The van der Waals surface area contributed by atoms with Gasteiger partial charge in [0, 0.05) is 24.5 Å². The lowest BCUT2D eigenvalue weighted by Crippen LogP contribution is -2.20. The van der Waals surface area contributed by atoms with Crippen LogP contribution in [0.1, 0.15) is 19.4 Å². The molecule has 0 aromatic heterocycles. The second kappa shape index (κ2) is 7.68. The molecule has 3 nitrogen and oxygen atoms in total. The highest BCUT2D eigenvalue weighted by atomic mass is 32.2. The van der Waals surface area contributed by atoms with Crippen molar-refractivity contribution in [3.63, 3.8) is 0 Å². The van der Waals surface area contributed by atoms with Crippen molar-refractivity contribution in [2.75, 3.05) is 13.2 Å². The van der Waals surface area contributed by atoms with Crippen molar-refractivity contribution >= 4 is 11.9 Å². The van der Waals surface area contributed by atoms with E-state index in [2.05, 4.69) is 12.1 Å². The molecule has 2 N–H and O–H groups in total. The molecule has 1 aromatic carbocycles. The van der Waals surface area contributed by atoms with Crippen LogP contribution < -0.4 is 5.14 Å². The molecular weight excluding hydrogens is 222 g/mol. The molecule has 0 atom stereocenters. The molecule has 1 aromatic rings. The summed E-state index contributed by atoms with van der Waals surface area (Å²) < 4.78 is 11.0. The van der Waals surface area contributed by atoms with E-state index in [0.717, 1.165) is 11.3 Å². The van der Waals surface area contributed by atoms with Crippen molar-refractivity contribution in [3.05, 3.63) is 29.8 Å². The van der Waals surface area contributed by atoms with Crippen LogP contribution in [0.4, 0.5) is 0 Å². The zero-order valence-corrected chi connectivity index (χ0v) is 10.6. The lowest BCUT2D eigenvalue weighted by molar-refractivity contribution is -0.134. The van der Waals surface area contributed by atoms with Gasteiger partial charge in [-0.1, -0.05) is 12.1 Å². The van der Waals surface area contributed by atoms with Crippen LogP contribution in [0.3, 0.4) is 0 Å². The van der Waals surface area contributed by atoms with Gasteiger partial charge in [0.1, 0.15) is 0 Å². The van der Waals surface area contributed by atoms with Crippen molar-refractivity contribution in [1.29, 1.82) is 0 Å². The topological polar surface area (TPSA) is 44.5 Å². The summed E-state index contributed by atoms with van der Waals surface area (Å²) in [7, 11) is 0. The number of benzene rings is 1. The average molecular weight is 241 g/mol. The standard InChI is InChI=1S/C12H19NO2S/c1-3-14-12(15-4-2)9-10-5-7-11(16-13)8-6-10/h5-8,12H,3-4,9,13H2,1-2H3. The fraction of sp³-hybridized carbons (Fsp3) is 0.500. The van der Waals surface area contributed by atoms with E-state index in [9.17, 15) is 0 Å². The molecular formula is C12H19NO2S. The van der Waals surface area contributed by atoms with Gasteiger partial charge >= 0.3 is 0 Å². The lowest BCUT2D eigenvalue weighted by atomic mass is 10.1. The minimum absolute atomic E-state index is 0.147. The Balaban J connectivity index is 2.54. The van der Waals surface area contributed by atoms with E-state index in [1.807, 2.05) is 26.0 Å². The summed E-state index contributed by atoms with van der Waals surface area (Å²) in [6, 6.07) is 8.13. The second-order valence-corrected chi connectivity index (χ2v) is 4.01. The van der Waals surface area contributed by atoms with E-state index < -0.39 is 0 Å². The van der Waals surface area contributed by atoms with Crippen LogP contribution in [-0.4, -0.2) is 19.5 Å². The van der Waals surface area contributed by atoms with E-state index >= 15 is 0 Å². The molecule has 1 rings (SSSR count). The van der Waals surface area contributed by atoms with E-state index in [-0.39, 0.29) is 6.29 Å². The molecule has 0 saturated heterocycles. The molecule has 90 valence electrons. The highest BCUT2D eigenvalue weighted by Gasteiger charge is 2.08. The minimum atomic E-state index is -0.147. The van der Waals surface area contributed by atoms with Gasteiger partial charge in [0.15, 0.2) is 6.29 Å². The smallest absolute Gasteiger partial charge is 0.161 e. The third-order valence-corrected chi connectivity index (χ3v) is 2.71. The maximum Gasteiger partial charge on any atom is 0.161 e. The molecule has 0 aliphatic heterocycles. The van der Waals surface area contributed by atoms with Crippen LogP contribution in [0.15, 0.2) is 29.2 Å². The van der Waals surface area contributed by atoms with E-state index in [4.69, 9.17) is 14.6 Å². The van der Waals surface area contributed by atoms with Gasteiger partial charge in [-0.2, -0.15) is 0 Å². The van der Waals surface area contributed by atoms with Crippen molar-refractivity contribution < 1.29 is 9.47 Å². The quantitative estimate of drug-likeness (QED) is 0.588. The first-order valence-corrected chi connectivity index (χ1v) is 6.37. The van der Waals surface area contributed by atoms with Crippen LogP contribution in [-0.2, 0) is 15.9 Å². The number of rotatable bonds is 7. The fourth-order valence-corrected chi connectivity index (χ4v) is 1.73. The van der Waals surface area contributed by atoms with Crippen molar-refractivity contribution in [2.24, 2.45) is 5.14 Å². The highest BCUT2D eigenvalue weighted by Crippen LogP contribution is 2.14. The molecule has 16 heavy (non-hydrogen) atoms. The molecule has 0 aliphatic carbocycles. The molecule has 0 bridgehead atoms. The third-order valence-electron chi connectivity index (χ3n) is 2.17. The molecule has 0 radical (unpaired) electrons. The fourth-order valence-electron chi connectivity index (χ4n) is 1.43. The van der Waals surface area contributed by atoms with Crippen LogP contribution in [0, 0.1) is 0 Å². The van der Waals surface area contributed by atoms with E-state index in [1.54, 1.807) is 0 Å². The Labute approximate surface area is 101 Å². The monoisotopic (exact) mass is 241 g/mol. The summed E-state index contributed by atoms with van der Waals surface area (Å²) in [5.41, 5.74) is 1.20. The number of nitrogens with two attached hydrogens (primary N) is 1. The molecule has 0 heterocycles. The molecule has 0 aliphatic rings. The van der Waals surface area contributed by atoms with Crippen LogP contribution in [0.5, 0.6) is 0 Å². The van der Waals surface area contributed by atoms with Crippen LogP contribution in [0.25, 0.3) is 0 Å². The summed E-state index contributed by atoms with van der Waals surface area (Å²) in [5, 5.41) is 5.46. The highest BCUT2D eigenvalue weighted by molar-refractivity contribution is 7.97. The van der Waals surface area contributed by atoms with Gasteiger partial charge in [-0.15, -0.1) is 0 Å². The summed E-state index contributed by atoms with van der Waals surface area (Å²) in [5.74, 6) is 0. The number of hydrogen-bond acceptors (Lipinski definition) is 4. The van der Waals surface area contributed by atoms with E-state index in [0.29, 0.717) is 13.2 Å².